The van der Waals surface area contributed by atoms with E-state index >= 15 is 0 Å². The Kier molecular flexibility index (Phi) is 5.33. The highest BCUT2D eigenvalue weighted by Crippen LogP contribution is 2.36. The summed E-state index contributed by atoms with van der Waals surface area (Å²) in [7, 11) is 1.69. The van der Waals surface area contributed by atoms with Crippen LogP contribution in [0.15, 0.2) is 61.4 Å². The summed E-state index contributed by atoms with van der Waals surface area (Å²) in [6.07, 6.45) is 6.67. The van der Waals surface area contributed by atoms with Crippen molar-refractivity contribution in [3.05, 3.63) is 67.0 Å². The van der Waals surface area contributed by atoms with Crippen molar-refractivity contribution in [3.8, 4) is 28.2 Å². The van der Waals surface area contributed by atoms with Gasteiger partial charge in [-0.2, -0.15) is 5.10 Å². The molecular formula is C25H26N8O. The number of aromatic nitrogens is 7. The Balaban J connectivity index is 1.76. The van der Waals surface area contributed by atoms with Crippen molar-refractivity contribution in [2.45, 2.75) is 32.9 Å². The molecule has 9 heteroatoms. The first-order chi connectivity index (χ1) is 16.3. The summed E-state index contributed by atoms with van der Waals surface area (Å²) in [4.78, 5) is 17.5. The molecular weight excluding hydrogens is 428 g/mol. The molecule has 0 atom stereocenters. The smallest absolute Gasteiger partial charge is 0.219 e. The molecule has 9 nitrogen and oxygen atoms in total. The number of nitrogens with zero attached hydrogens (tertiary/aromatic N) is 7. The third kappa shape index (κ3) is 3.90. The lowest BCUT2D eigenvalue weighted by molar-refractivity contribution is 0.185. The Bertz CT molecular complexity index is 1450. The van der Waals surface area contributed by atoms with Gasteiger partial charge in [0.1, 0.15) is 18.5 Å². The van der Waals surface area contributed by atoms with Crippen LogP contribution < -0.4 is 5.73 Å². The van der Waals surface area contributed by atoms with Crippen molar-refractivity contribution in [1.29, 1.82) is 0 Å². The van der Waals surface area contributed by atoms with Crippen molar-refractivity contribution in [2.75, 3.05) is 12.8 Å². The van der Waals surface area contributed by atoms with Crippen LogP contribution in [0.5, 0.6) is 0 Å². The molecule has 5 rings (SSSR count). The van der Waals surface area contributed by atoms with Crippen LogP contribution in [0.2, 0.25) is 0 Å². The average molecular weight is 455 g/mol. The third-order valence-corrected chi connectivity index (χ3v) is 5.61. The molecule has 0 spiro atoms. The number of imidazole rings is 1. The van der Waals surface area contributed by atoms with E-state index < -0.39 is 0 Å². The highest BCUT2D eigenvalue weighted by Gasteiger charge is 2.25. The number of benzene rings is 2. The van der Waals surface area contributed by atoms with E-state index in [9.17, 15) is 0 Å². The number of ether oxygens (including phenoxy) is 1. The monoisotopic (exact) mass is 454 g/mol. The first-order valence-electron chi connectivity index (χ1n) is 10.9. The lowest BCUT2D eigenvalue weighted by Crippen LogP contribution is -2.23. The van der Waals surface area contributed by atoms with E-state index in [-0.39, 0.29) is 11.5 Å². The van der Waals surface area contributed by atoms with Gasteiger partial charge in [-0.25, -0.2) is 24.6 Å². The van der Waals surface area contributed by atoms with E-state index in [0.717, 1.165) is 44.8 Å². The van der Waals surface area contributed by atoms with Crippen LogP contribution in [0.25, 0.3) is 39.2 Å². The minimum atomic E-state index is -0.229. The Hall–Kier alpha value is -4.11. The van der Waals surface area contributed by atoms with Gasteiger partial charge in [-0.1, -0.05) is 12.1 Å². The van der Waals surface area contributed by atoms with Crippen LogP contribution in [0.1, 0.15) is 26.3 Å². The summed E-state index contributed by atoms with van der Waals surface area (Å²) >= 11 is 0. The van der Waals surface area contributed by atoms with Gasteiger partial charge in [0, 0.05) is 36.2 Å². The van der Waals surface area contributed by atoms with Crippen LogP contribution in [0.3, 0.4) is 0 Å². The molecule has 172 valence electrons. The molecule has 0 fully saturated rings. The van der Waals surface area contributed by atoms with Gasteiger partial charge < -0.3 is 15.0 Å². The van der Waals surface area contributed by atoms with Crippen molar-refractivity contribution in [3.63, 3.8) is 0 Å². The summed E-state index contributed by atoms with van der Waals surface area (Å²) < 4.78 is 9.42. The van der Waals surface area contributed by atoms with Gasteiger partial charge in [-0.05, 0) is 56.2 Å². The highest BCUT2D eigenvalue weighted by molar-refractivity contribution is 5.87. The standard InChI is InChI=1S/C25H26N8O/c1-25(2,3)33-22-8-6-17(18-11-28-24(26)29-12-18)10-20(22)31-23(33)19-9-16(13-34-4)5-7-21(19)32-15-27-14-30-32/h5-12,14-15H,13H2,1-4H3,(H2,26,28,29). The second kappa shape index (κ2) is 8.35. The van der Waals surface area contributed by atoms with Gasteiger partial charge in [0.25, 0.3) is 0 Å². The zero-order valence-electron chi connectivity index (χ0n) is 19.6. The summed E-state index contributed by atoms with van der Waals surface area (Å²) in [5.74, 6) is 1.09. The topological polar surface area (TPSA) is 110 Å². The van der Waals surface area contributed by atoms with Crippen LogP contribution in [-0.2, 0) is 16.9 Å². The number of nitrogens with two attached hydrogens (primary N) is 1. The SMILES string of the molecule is COCc1ccc(-n2cncn2)c(-c2nc3cc(-c4cnc(N)nc4)ccc3n2C(C)(C)C)c1. The number of rotatable bonds is 5. The summed E-state index contributed by atoms with van der Waals surface area (Å²) in [6.45, 7) is 7.02. The van der Waals surface area contributed by atoms with Crippen LogP contribution >= 0.6 is 0 Å². The quantitative estimate of drug-likeness (QED) is 0.423. The van der Waals surface area contributed by atoms with Crippen LogP contribution in [-0.4, -0.2) is 41.4 Å². The summed E-state index contributed by atoms with van der Waals surface area (Å²) in [6, 6.07) is 12.4. The lowest BCUT2D eigenvalue weighted by Gasteiger charge is -2.25. The first kappa shape index (κ1) is 21.7. The largest absolute Gasteiger partial charge is 0.380 e. The normalized spacial score (nSPS) is 11.9. The number of hydrogen-bond acceptors (Lipinski definition) is 7. The van der Waals surface area contributed by atoms with Gasteiger partial charge in [0.15, 0.2) is 0 Å². The zero-order valence-corrected chi connectivity index (χ0v) is 19.6. The van der Waals surface area contributed by atoms with E-state index in [4.69, 9.17) is 15.5 Å². The van der Waals surface area contributed by atoms with Crippen LogP contribution in [0.4, 0.5) is 5.95 Å². The molecule has 0 aliphatic heterocycles. The maximum atomic E-state index is 5.66. The predicted molar refractivity (Wildman–Crippen MR) is 131 cm³/mol. The highest BCUT2D eigenvalue weighted by atomic mass is 16.5. The van der Waals surface area contributed by atoms with Gasteiger partial charge in [0.05, 0.1) is 23.3 Å². The fraction of sp³-hybridized carbons (Fsp3) is 0.240. The van der Waals surface area contributed by atoms with Crippen LogP contribution in [0, 0.1) is 0 Å². The lowest BCUT2D eigenvalue weighted by atomic mass is 10.0. The molecule has 3 aromatic heterocycles. The Morgan fingerprint density at radius 2 is 1.79 bits per heavy atom. The number of hydrogen-bond donors (Lipinski definition) is 1. The molecule has 3 heterocycles. The Morgan fingerprint density at radius 1 is 1.00 bits per heavy atom. The van der Waals surface area contributed by atoms with Gasteiger partial charge in [-0.3, -0.25) is 0 Å². The number of anilines is 1. The minimum absolute atomic E-state index is 0.229. The van der Waals surface area contributed by atoms with E-state index in [1.165, 1.54) is 6.33 Å². The summed E-state index contributed by atoms with van der Waals surface area (Å²) in [5.41, 5.74) is 12.1. The molecule has 0 amide bonds. The first-order valence-corrected chi connectivity index (χ1v) is 10.9. The molecule has 2 aromatic carbocycles. The van der Waals surface area contributed by atoms with Gasteiger partial charge >= 0.3 is 0 Å². The van der Waals surface area contributed by atoms with Crippen molar-refractivity contribution in [1.82, 2.24) is 34.3 Å². The minimum Gasteiger partial charge on any atom is -0.380 e. The van der Waals surface area contributed by atoms with Crippen molar-refractivity contribution < 1.29 is 4.74 Å². The number of methoxy groups -OCH3 is 1. The molecule has 0 aliphatic rings. The fourth-order valence-electron chi connectivity index (χ4n) is 4.16. The van der Waals surface area contributed by atoms with E-state index in [0.29, 0.717) is 6.61 Å². The van der Waals surface area contributed by atoms with E-state index in [1.54, 1.807) is 30.5 Å². The van der Waals surface area contributed by atoms with Gasteiger partial charge in [0.2, 0.25) is 5.95 Å². The number of nitrogen functional groups attached to an aromatic ring is 1. The predicted octanol–water partition coefficient (Wildman–Crippen LogP) is 4.22. The molecule has 0 aliphatic carbocycles. The molecule has 0 saturated heterocycles. The molecule has 0 radical (unpaired) electrons. The molecule has 2 N–H and O–H groups in total. The maximum Gasteiger partial charge on any atom is 0.219 e. The molecule has 5 aromatic rings. The van der Waals surface area contributed by atoms with Crippen molar-refractivity contribution in [2.24, 2.45) is 0 Å². The fourth-order valence-corrected chi connectivity index (χ4v) is 4.16. The Labute approximate surface area is 197 Å². The van der Waals surface area contributed by atoms with E-state index in [2.05, 4.69) is 69.7 Å². The molecule has 0 unspecified atom stereocenters. The summed E-state index contributed by atoms with van der Waals surface area (Å²) in [5, 5.41) is 4.37. The number of fused-ring (bicyclic) bond motifs is 1. The molecule has 0 saturated carbocycles. The molecule has 34 heavy (non-hydrogen) atoms. The van der Waals surface area contributed by atoms with E-state index in [1.807, 2.05) is 12.1 Å². The average Bonchev–Trinajstić information content (AvgIpc) is 3.47. The Morgan fingerprint density at radius 3 is 2.47 bits per heavy atom. The maximum absolute atomic E-state index is 5.66. The van der Waals surface area contributed by atoms with Gasteiger partial charge in [-0.15, -0.1) is 0 Å². The molecule has 0 bridgehead atoms. The van der Waals surface area contributed by atoms with Crippen molar-refractivity contribution >= 4 is 17.0 Å². The zero-order chi connectivity index (χ0) is 23.9. The third-order valence-electron chi connectivity index (χ3n) is 5.61. The second-order valence-corrected chi connectivity index (χ2v) is 9.10. The second-order valence-electron chi connectivity index (χ2n) is 9.10.